The summed E-state index contributed by atoms with van der Waals surface area (Å²) in [6, 6.07) is 17.6. The Kier molecular flexibility index (Phi) is 9.65. The number of aryl methyl sites for hydroxylation is 1. The molecular formula is C31H36FN3O5S. The van der Waals surface area contributed by atoms with E-state index in [-0.39, 0.29) is 29.1 Å². The van der Waals surface area contributed by atoms with E-state index in [1.165, 1.54) is 36.3 Å². The van der Waals surface area contributed by atoms with E-state index in [1.807, 2.05) is 6.92 Å². The molecule has 0 spiro atoms. The van der Waals surface area contributed by atoms with Crippen LogP contribution in [0.25, 0.3) is 0 Å². The second-order valence-corrected chi connectivity index (χ2v) is 12.2. The molecule has 3 aromatic carbocycles. The molecule has 2 amide bonds. The van der Waals surface area contributed by atoms with Gasteiger partial charge in [-0.2, -0.15) is 0 Å². The zero-order valence-electron chi connectivity index (χ0n) is 23.5. The molecule has 0 aromatic heterocycles. The Morgan fingerprint density at radius 2 is 1.59 bits per heavy atom. The summed E-state index contributed by atoms with van der Waals surface area (Å²) >= 11 is 0. The Bertz CT molecular complexity index is 1440. The second kappa shape index (κ2) is 13.2. The van der Waals surface area contributed by atoms with Crippen molar-refractivity contribution in [1.29, 1.82) is 0 Å². The monoisotopic (exact) mass is 581 g/mol. The number of sulfonamides is 1. The SMILES string of the molecule is COc1ccc(N(CC(=O)N(Cc2ccc(F)cc2)C(C)C(=O)NC2CCCC2)S(=O)(=O)c2ccc(C)cc2)cc1. The molecule has 1 aliphatic carbocycles. The first-order valence-electron chi connectivity index (χ1n) is 13.7. The lowest BCUT2D eigenvalue weighted by Gasteiger charge is -2.32. The van der Waals surface area contributed by atoms with E-state index in [2.05, 4.69) is 5.32 Å². The van der Waals surface area contributed by atoms with Gasteiger partial charge in [-0.1, -0.05) is 42.7 Å². The van der Waals surface area contributed by atoms with Crippen LogP contribution in [0.5, 0.6) is 5.75 Å². The highest BCUT2D eigenvalue weighted by Gasteiger charge is 2.33. The van der Waals surface area contributed by atoms with Crippen LogP contribution in [0.2, 0.25) is 0 Å². The number of rotatable bonds is 11. The number of carbonyl (C=O) groups excluding carboxylic acids is 2. The fourth-order valence-corrected chi connectivity index (χ4v) is 6.29. The van der Waals surface area contributed by atoms with Crippen LogP contribution in [-0.4, -0.2) is 50.9 Å². The minimum Gasteiger partial charge on any atom is -0.497 e. The molecule has 1 saturated carbocycles. The normalized spacial score (nSPS) is 14.3. The predicted molar refractivity (Wildman–Crippen MR) is 156 cm³/mol. The number of halogens is 1. The number of carbonyl (C=O) groups is 2. The first kappa shape index (κ1) is 30.0. The summed E-state index contributed by atoms with van der Waals surface area (Å²) in [5.41, 5.74) is 1.77. The van der Waals surface area contributed by atoms with Crippen LogP contribution < -0.4 is 14.4 Å². The van der Waals surface area contributed by atoms with Gasteiger partial charge >= 0.3 is 0 Å². The maximum atomic E-state index is 14.0. The minimum absolute atomic E-state index is 0.000597. The van der Waals surface area contributed by atoms with Gasteiger partial charge in [-0.15, -0.1) is 0 Å². The zero-order chi connectivity index (χ0) is 29.6. The largest absolute Gasteiger partial charge is 0.497 e. The van der Waals surface area contributed by atoms with Gasteiger partial charge in [0.1, 0.15) is 24.2 Å². The molecule has 1 N–H and O–H groups in total. The lowest BCUT2D eigenvalue weighted by atomic mass is 10.1. The van der Waals surface area contributed by atoms with Crippen LogP contribution in [0.4, 0.5) is 10.1 Å². The molecule has 1 fully saturated rings. The number of hydrogen-bond acceptors (Lipinski definition) is 5. The second-order valence-electron chi connectivity index (χ2n) is 10.3. The average Bonchev–Trinajstić information content (AvgIpc) is 3.48. The molecule has 218 valence electrons. The van der Waals surface area contributed by atoms with Crippen molar-refractivity contribution in [3.63, 3.8) is 0 Å². The third-order valence-corrected chi connectivity index (χ3v) is 9.17. The van der Waals surface area contributed by atoms with E-state index in [1.54, 1.807) is 55.5 Å². The number of amides is 2. The van der Waals surface area contributed by atoms with Crippen molar-refractivity contribution in [3.05, 3.63) is 89.7 Å². The first-order valence-corrected chi connectivity index (χ1v) is 15.1. The maximum absolute atomic E-state index is 14.0. The van der Waals surface area contributed by atoms with E-state index < -0.39 is 34.3 Å². The van der Waals surface area contributed by atoms with E-state index >= 15 is 0 Å². The van der Waals surface area contributed by atoms with Gasteiger partial charge in [0.2, 0.25) is 11.8 Å². The standard InChI is InChI=1S/C31H36FN3O5S/c1-22-8-18-29(19-9-22)41(38,39)35(27-14-16-28(40-3)17-15-27)21-30(36)34(20-24-10-12-25(32)13-11-24)23(2)31(37)33-26-6-4-5-7-26/h8-19,23,26H,4-7,20-21H2,1-3H3,(H,33,37). The van der Waals surface area contributed by atoms with Crippen LogP contribution in [0.3, 0.4) is 0 Å². The fraction of sp³-hybridized carbons (Fsp3) is 0.355. The van der Waals surface area contributed by atoms with Gasteiger partial charge in [0, 0.05) is 12.6 Å². The number of nitrogens with one attached hydrogen (secondary N) is 1. The van der Waals surface area contributed by atoms with Gasteiger partial charge in [0.15, 0.2) is 0 Å². The number of nitrogens with zero attached hydrogens (tertiary/aromatic N) is 2. The van der Waals surface area contributed by atoms with E-state index in [9.17, 15) is 22.4 Å². The number of ether oxygens (including phenoxy) is 1. The molecule has 3 aromatic rings. The van der Waals surface area contributed by atoms with Gasteiger partial charge in [0.05, 0.1) is 17.7 Å². The van der Waals surface area contributed by atoms with Crippen LogP contribution in [0, 0.1) is 12.7 Å². The van der Waals surface area contributed by atoms with Gasteiger partial charge in [0.25, 0.3) is 10.0 Å². The van der Waals surface area contributed by atoms with Crippen LogP contribution >= 0.6 is 0 Å². The molecule has 1 aliphatic rings. The van der Waals surface area contributed by atoms with Crippen LogP contribution in [0.1, 0.15) is 43.7 Å². The number of hydrogen-bond donors (Lipinski definition) is 1. The van der Waals surface area contributed by atoms with Crippen molar-refractivity contribution < 1.29 is 27.1 Å². The summed E-state index contributed by atoms with van der Waals surface area (Å²) in [5.74, 6) is -0.781. The first-order chi connectivity index (χ1) is 19.6. The molecule has 41 heavy (non-hydrogen) atoms. The summed E-state index contributed by atoms with van der Waals surface area (Å²) in [6.07, 6.45) is 3.82. The minimum atomic E-state index is -4.17. The molecule has 0 bridgehead atoms. The highest BCUT2D eigenvalue weighted by molar-refractivity contribution is 7.92. The molecule has 10 heteroatoms. The highest BCUT2D eigenvalue weighted by atomic mass is 32.2. The molecule has 0 radical (unpaired) electrons. The third kappa shape index (κ3) is 7.43. The van der Waals surface area contributed by atoms with Gasteiger partial charge in [-0.25, -0.2) is 12.8 Å². The van der Waals surface area contributed by atoms with Crippen molar-refractivity contribution in [1.82, 2.24) is 10.2 Å². The number of anilines is 1. The number of benzene rings is 3. The Balaban J connectivity index is 1.68. The Labute approximate surface area is 241 Å². The summed E-state index contributed by atoms with van der Waals surface area (Å²) in [7, 11) is -2.66. The van der Waals surface area contributed by atoms with Crippen molar-refractivity contribution in [2.24, 2.45) is 0 Å². The fourth-order valence-electron chi connectivity index (χ4n) is 4.88. The summed E-state index contributed by atoms with van der Waals surface area (Å²) < 4.78 is 47.6. The third-order valence-electron chi connectivity index (χ3n) is 7.38. The lowest BCUT2D eigenvalue weighted by Crippen LogP contribution is -2.52. The molecule has 1 atom stereocenters. The Morgan fingerprint density at radius 3 is 2.17 bits per heavy atom. The smallest absolute Gasteiger partial charge is 0.264 e. The van der Waals surface area contributed by atoms with Crippen LogP contribution in [0.15, 0.2) is 77.7 Å². The van der Waals surface area contributed by atoms with E-state index in [0.717, 1.165) is 35.6 Å². The van der Waals surface area contributed by atoms with Crippen molar-refractivity contribution in [2.45, 2.75) is 63.1 Å². The topological polar surface area (TPSA) is 96.0 Å². The van der Waals surface area contributed by atoms with Gasteiger partial charge in [-0.3, -0.25) is 13.9 Å². The molecule has 1 unspecified atom stereocenters. The Morgan fingerprint density at radius 1 is 0.976 bits per heavy atom. The van der Waals surface area contributed by atoms with Gasteiger partial charge < -0.3 is 15.0 Å². The molecule has 0 aliphatic heterocycles. The van der Waals surface area contributed by atoms with E-state index in [4.69, 9.17) is 4.74 Å². The molecule has 0 saturated heterocycles. The Hall–Kier alpha value is -3.92. The average molecular weight is 582 g/mol. The van der Waals surface area contributed by atoms with E-state index in [0.29, 0.717) is 11.3 Å². The number of methoxy groups -OCH3 is 1. The predicted octanol–water partition coefficient (Wildman–Crippen LogP) is 4.81. The van der Waals surface area contributed by atoms with Gasteiger partial charge in [-0.05, 0) is 80.8 Å². The maximum Gasteiger partial charge on any atom is 0.264 e. The summed E-state index contributed by atoms with van der Waals surface area (Å²) in [5, 5.41) is 3.03. The molecule has 8 nitrogen and oxygen atoms in total. The summed E-state index contributed by atoms with van der Waals surface area (Å²) in [6.45, 7) is 2.93. The van der Waals surface area contributed by atoms with Crippen molar-refractivity contribution in [2.75, 3.05) is 18.0 Å². The summed E-state index contributed by atoms with van der Waals surface area (Å²) in [4.78, 5) is 28.6. The molecule has 0 heterocycles. The molecule has 4 rings (SSSR count). The van der Waals surface area contributed by atoms with Crippen molar-refractivity contribution >= 4 is 27.5 Å². The zero-order valence-corrected chi connectivity index (χ0v) is 24.4. The van der Waals surface area contributed by atoms with Crippen LogP contribution in [-0.2, 0) is 26.2 Å². The highest BCUT2D eigenvalue weighted by Crippen LogP contribution is 2.27. The van der Waals surface area contributed by atoms with Crippen molar-refractivity contribution in [3.8, 4) is 5.75 Å². The lowest BCUT2D eigenvalue weighted by molar-refractivity contribution is -0.139. The molecular weight excluding hydrogens is 545 g/mol. The quantitative estimate of drug-likeness (QED) is 0.351.